The summed E-state index contributed by atoms with van der Waals surface area (Å²) in [6.45, 7) is 1.69. The fraction of sp³-hybridized carbons (Fsp3) is 0.364. The van der Waals surface area contributed by atoms with Crippen molar-refractivity contribution < 1.29 is 27.8 Å². The molecule has 19 heavy (non-hydrogen) atoms. The van der Waals surface area contributed by atoms with Crippen molar-refractivity contribution in [3.05, 3.63) is 18.2 Å². The van der Waals surface area contributed by atoms with E-state index in [-0.39, 0.29) is 23.8 Å². The lowest BCUT2D eigenvalue weighted by Crippen LogP contribution is -2.24. The SMILES string of the molecule is CCOC(=O)CS(=O)(=O)Nc1ccc(OC)c(O)c1. The van der Waals surface area contributed by atoms with E-state index in [1.54, 1.807) is 6.92 Å². The van der Waals surface area contributed by atoms with Crippen LogP contribution in [0.3, 0.4) is 0 Å². The number of carbonyl (C=O) groups is 1. The average molecular weight is 289 g/mol. The van der Waals surface area contributed by atoms with E-state index in [0.717, 1.165) is 0 Å². The van der Waals surface area contributed by atoms with Crippen molar-refractivity contribution in [1.29, 1.82) is 0 Å². The summed E-state index contributed by atoms with van der Waals surface area (Å²) in [4.78, 5) is 11.1. The van der Waals surface area contributed by atoms with Crippen LogP contribution in [0.4, 0.5) is 5.69 Å². The molecule has 0 aliphatic rings. The molecule has 0 aliphatic heterocycles. The number of phenolic OH excluding ortho intramolecular Hbond substituents is 1. The van der Waals surface area contributed by atoms with Crippen LogP contribution < -0.4 is 9.46 Å². The predicted molar refractivity (Wildman–Crippen MR) is 68.7 cm³/mol. The maximum absolute atomic E-state index is 11.6. The molecule has 0 aromatic heterocycles. The lowest BCUT2D eigenvalue weighted by Gasteiger charge is -2.09. The molecule has 8 heteroatoms. The largest absolute Gasteiger partial charge is 0.504 e. The van der Waals surface area contributed by atoms with E-state index in [4.69, 9.17) is 4.74 Å². The highest BCUT2D eigenvalue weighted by Gasteiger charge is 2.18. The maximum Gasteiger partial charge on any atom is 0.323 e. The van der Waals surface area contributed by atoms with Gasteiger partial charge in [0.25, 0.3) is 0 Å². The third-order valence-corrected chi connectivity index (χ3v) is 3.23. The van der Waals surface area contributed by atoms with Gasteiger partial charge >= 0.3 is 5.97 Å². The van der Waals surface area contributed by atoms with Gasteiger partial charge in [0.1, 0.15) is 0 Å². The Kier molecular flexibility index (Phi) is 4.99. The fourth-order valence-corrected chi connectivity index (χ4v) is 2.28. The minimum absolute atomic E-state index is 0.109. The van der Waals surface area contributed by atoms with E-state index in [1.165, 1.54) is 25.3 Å². The van der Waals surface area contributed by atoms with Crippen LogP contribution in [0.2, 0.25) is 0 Å². The fourth-order valence-electron chi connectivity index (χ4n) is 1.33. The quantitative estimate of drug-likeness (QED) is 0.748. The first-order chi connectivity index (χ1) is 8.88. The molecule has 0 saturated carbocycles. The number of carbonyl (C=O) groups excluding carboxylic acids is 1. The number of benzene rings is 1. The first-order valence-electron chi connectivity index (χ1n) is 5.41. The van der Waals surface area contributed by atoms with E-state index in [0.29, 0.717) is 0 Å². The molecule has 0 fully saturated rings. The first-order valence-corrected chi connectivity index (χ1v) is 7.06. The molecule has 0 unspecified atom stereocenters. The van der Waals surface area contributed by atoms with Crippen LogP contribution in [0.1, 0.15) is 6.92 Å². The minimum Gasteiger partial charge on any atom is -0.504 e. The summed E-state index contributed by atoms with van der Waals surface area (Å²) >= 11 is 0. The number of hydrogen-bond donors (Lipinski definition) is 2. The molecular weight excluding hydrogens is 274 g/mol. The van der Waals surface area contributed by atoms with Crippen molar-refractivity contribution in [2.75, 3.05) is 24.2 Å². The first kappa shape index (κ1) is 15.1. The van der Waals surface area contributed by atoms with Gasteiger partial charge in [-0.15, -0.1) is 0 Å². The number of sulfonamides is 1. The van der Waals surface area contributed by atoms with Crippen LogP contribution in [-0.2, 0) is 19.6 Å². The maximum atomic E-state index is 11.6. The minimum atomic E-state index is -3.87. The molecule has 2 N–H and O–H groups in total. The molecule has 1 aromatic carbocycles. The van der Waals surface area contributed by atoms with Gasteiger partial charge in [-0.2, -0.15) is 0 Å². The molecule has 0 saturated heterocycles. The lowest BCUT2D eigenvalue weighted by atomic mass is 10.3. The number of aromatic hydroxyl groups is 1. The topological polar surface area (TPSA) is 102 Å². The second kappa shape index (κ2) is 6.28. The Morgan fingerprint density at radius 2 is 2.11 bits per heavy atom. The zero-order valence-corrected chi connectivity index (χ0v) is 11.4. The van der Waals surface area contributed by atoms with Crippen LogP contribution in [0.25, 0.3) is 0 Å². The van der Waals surface area contributed by atoms with E-state index >= 15 is 0 Å². The summed E-state index contributed by atoms with van der Waals surface area (Å²) in [6, 6.07) is 3.99. The zero-order chi connectivity index (χ0) is 14.5. The third-order valence-electron chi connectivity index (χ3n) is 2.07. The number of nitrogens with one attached hydrogen (secondary N) is 1. The molecule has 1 aromatic rings. The standard InChI is InChI=1S/C11H15NO6S/c1-3-18-11(14)7-19(15,16)12-8-4-5-10(17-2)9(13)6-8/h4-6,12-13H,3,7H2,1-2H3. The molecule has 0 aliphatic carbocycles. The van der Waals surface area contributed by atoms with Crippen LogP contribution in [0.15, 0.2) is 18.2 Å². The number of anilines is 1. The number of hydrogen-bond acceptors (Lipinski definition) is 6. The predicted octanol–water partition coefficient (Wildman–Crippen LogP) is 0.706. The van der Waals surface area contributed by atoms with Gasteiger partial charge in [0, 0.05) is 6.07 Å². The molecule has 0 spiro atoms. The van der Waals surface area contributed by atoms with Gasteiger partial charge in [0.05, 0.1) is 19.4 Å². The summed E-state index contributed by atoms with van der Waals surface area (Å²) in [5, 5.41) is 9.50. The van der Waals surface area contributed by atoms with Gasteiger partial charge in [0.2, 0.25) is 10.0 Å². The summed E-state index contributed by atoms with van der Waals surface area (Å²) in [5.41, 5.74) is 0.127. The normalized spacial score (nSPS) is 10.8. The Hall–Kier alpha value is -1.96. The van der Waals surface area contributed by atoms with Crippen LogP contribution in [0, 0.1) is 0 Å². The summed E-state index contributed by atoms with van der Waals surface area (Å²) in [7, 11) is -2.49. The molecule has 106 valence electrons. The van der Waals surface area contributed by atoms with Gasteiger partial charge in [0.15, 0.2) is 17.3 Å². The number of methoxy groups -OCH3 is 1. The van der Waals surface area contributed by atoms with Gasteiger partial charge < -0.3 is 14.6 Å². The Morgan fingerprint density at radius 1 is 1.42 bits per heavy atom. The second-order valence-electron chi connectivity index (χ2n) is 3.55. The van der Waals surface area contributed by atoms with Gasteiger partial charge in [-0.05, 0) is 19.1 Å². The molecule has 1 rings (SSSR count). The van der Waals surface area contributed by atoms with Gasteiger partial charge in [-0.1, -0.05) is 0 Å². The molecule has 0 amide bonds. The molecule has 7 nitrogen and oxygen atoms in total. The van der Waals surface area contributed by atoms with Gasteiger partial charge in [-0.3, -0.25) is 9.52 Å². The Morgan fingerprint density at radius 3 is 2.63 bits per heavy atom. The lowest BCUT2D eigenvalue weighted by molar-refractivity contribution is -0.139. The highest BCUT2D eigenvalue weighted by atomic mass is 32.2. The molecule has 0 bridgehead atoms. The van der Waals surface area contributed by atoms with Gasteiger partial charge in [-0.25, -0.2) is 8.42 Å². The number of rotatable bonds is 6. The number of phenols is 1. The van der Waals surface area contributed by atoms with E-state index in [1.807, 2.05) is 0 Å². The number of ether oxygens (including phenoxy) is 2. The van der Waals surface area contributed by atoms with E-state index in [2.05, 4.69) is 9.46 Å². The highest BCUT2D eigenvalue weighted by molar-refractivity contribution is 7.93. The second-order valence-corrected chi connectivity index (χ2v) is 5.28. The van der Waals surface area contributed by atoms with Crippen LogP contribution >= 0.6 is 0 Å². The molecular formula is C11H15NO6S. The van der Waals surface area contributed by atoms with Crippen molar-refractivity contribution in [2.24, 2.45) is 0 Å². The molecule has 0 heterocycles. The summed E-state index contributed by atoms with van der Waals surface area (Å²) < 4.78 is 34.8. The Bertz CT molecular complexity index is 554. The molecule has 0 atom stereocenters. The van der Waals surface area contributed by atoms with Crippen LogP contribution in [0.5, 0.6) is 11.5 Å². The monoisotopic (exact) mass is 289 g/mol. The van der Waals surface area contributed by atoms with E-state index in [9.17, 15) is 18.3 Å². The highest BCUT2D eigenvalue weighted by Crippen LogP contribution is 2.28. The van der Waals surface area contributed by atoms with Crippen LogP contribution in [-0.4, -0.2) is 39.0 Å². The smallest absolute Gasteiger partial charge is 0.323 e. The summed E-state index contributed by atoms with van der Waals surface area (Å²) in [6.07, 6.45) is 0. The van der Waals surface area contributed by atoms with E-state index < -0.39 is 21.7 Å². The Labute approximate surface area is 111 Å². The third kappa shape index (κ3) is 4.66. The van der Waals surface area contributed by atoms with Crippen molar-refractivity contribution in [2.45, 2.75) is 6.92 Å². The van der Waals surface area contributed by atoms with Crippen molar-refractivity contribution in [3.8, 4) is 11.5 Å². The number of esters is 1. The summed E-state index contributed by atoms with van der Waals surface area (Å²) in [5.74, 6) is -1.62. The van der Waals surface area contributed by atoms with Crippen molar-refractivity contribution in [3.63, 3.8) is 0 Å². The van der Waals surface area contributed by atoms with Crippen molar-refractivity contribution in [1.82, 2.24) is 0 Å². The zero-order valence-electron chi connectivity index (χ0n) is 10.5. The average Bonchev–Trinajstić information content (AvgIpc) is 2.27. The Balaban J connectivity index is 2.78. The molecule has 0 radical (unpaired) electrons. The van der Waals surface area contributed by atoms with Crippen molar-refractivity contribution >= 4 is 21.7 Å².